The van der Waals surface area contributed by atoms with E-state index in [1.807, 2.05) is 56.3 Å². The molecule has 0 unspecified atom stereocenters. The van der Waals surface area contributed by atoms with E-state index in [1.165, 1.54) is 5.56 Å². The fourth-order valence-electron chi connectivity index (χ4n) is 2.77. The van der Waals surface area contributed by atoms with Crippen LogP contribution in [0.2, 0.25) is 0 Å². The highest BCUT2D eigenvalue weighted by atomic mass is 16.5. The maximum absolute atomic E-state index is 12.3. The molecule has 0 aliphatic heterocycles. The van der Waals surface area contributed by atoms with Crippen LogP contribution in [-0.2, 0) is 17.8 Å². The molecule has 0 bridgehead atoms. The number of hydrogen-bond acceptors (Lipinski definition) is 4. The van der Waals surface area contributed by atoms with E-state index in [4.69, 9.17) is 9.15 Å². The highest BCUT2D eigenvalue weighted by Crippen LogP contribution is 2.30. The van der Waals surface area contributed by atoms with Crippen LogP contribution in [0.4, 0.5) is 0 Å². The lowest BCUT2D eigenvalue weighted by molar-refractivity contribution is -0.120. The summed E-state index contributed by atoms with van der Waals surface area (Å²) in [5.41, 5.74) is 3.65. The van der Waals surface area contributed by atoms with Gasteiger partial charge in [-0.2, -0.15) is 0 Å². The monoisotopic (exact) mass is 350 g/mol. The van der Waals surface area contributed by atoms with Gasteiger partial charge in [0.05, 0.1) is 24.8 Å². The minimum absolute atomic E-state index is 0.0884. The van der Waals surface area contributed by atoms with E-state index < -0.39 is 0 Å². The molecule has 1 N–H and O–H groups in total. The predicted octanol–water partition coefficient (Wildman–Crippen LogP) is 3.83. The van der Waals surface area contributed by atoms with Crippen LogP contribution in [0, 0.1) is 13.8 Å². The van der Waals surface area contributed by atoms with Gasteiger partial charge in [-0.3, -0.25) is 4.79 Å². The number of amides is 1. The summed E-state index contributed by atoms with van der Waals surface area (Å²) in [6.07, 6.45) is 0.177. The lowest BCUT2D eigenvalue weighted by Gasteiger charge is -2.05. The van der Waals surface area contributed by atoms with Crippen LogP contribution in [0.1, 0.15) is 22.6 Å². The van der Waals surface area contributed by atoms with E-state index in [2.05, 4.69) is 16.4 Å². The van der Waals surface area contributed by atoms with Crippen molar-refractivity contribution in [2.75, 3.05) is 7.11 Å². The topological polar surface area (TPSA) is 64.4 Å². The molecule has 0 saturated carbocycles. The van der Waals surface area contributed by atoms with Crippen molar-refractivity contribution in [3.8, 4) is 17.2 Å². The summed E-state index contributed by atoms with van der Waals surface area (Å²) in [4.78, 5) is 16.8. The number of nitrogens with one attached hydrogen (secondary N) is 1. The van der Waals surface area contributed by atoms with Crippen molar-refractivity contribution in [2.45, 2.75) is 26.8 Å². The average Bonchev–Trinajstić information content (AvgIpc) is 3.00. The molecule has 0 saturated heterocycles. The highest BCUT2D eigenvalue weighted by Gasteiger charge is 2.17. The zero-order valence-corrected chi connectivity index (χ0v) is 15.2. The molecule has 0 atom stereocenters. The Labute approximate surface area is 153 Å². The van der Waals surface area contributed by atoms with E-state index in [0.717, 1.165) is 11.1 Å². The SMILES string of the molecule is COc1ccccc1-c1nc(CC(=O)NCc2cccc(C)c2)c(C)o1. The first-order valence-electron chi connectivity index (χ1n) is 8.48. The number of aryl methyl sites for hydroxylation is 2. The molecule has 26 heavy (non-hydrogen) atoms. The molecule has 0 spiro atoms. The molecule has 2 aromatic carbocycles. The summed E-state index contributed by atoms with van der Waals surface area (Å²) >= 11 is 0. The molecular weight excluding hydrogens is 328 g/mol. The minimum Gasteiger partial charge on any atom is -0.496 e. The molecule has 1 heterocycles. The zero-order valence-electron chi connectivity index (χ0n) is 15.2. The van der Waals surface area contributed by atoms with Gasteiger partial charge in [-0.05, 0) is 31.5 Å². The molecule has 0 fully saturated rings. The minimum atomic E-state index is -0.0884. The van der Waals surface area contributed by atoms with Crippen molar-refractivity contribution < 1.29 is 13.9 Å². The van der Waals surface area contributed by atoms with E-state index in [-0.39, 0.29) is 12.3 Å². The molecule has 0 aliphatic carbocycles. The molecule has 0 radical (unpaired) electrons. The lowest BCUT2D eigenvalue weighted by Crippen LogP contribution is -2.25. The fourth-order valence-corrected chi connectivity index (χ4v) is 2.77. The number of benzene rings is 2. The van der Waals surface area contributed by atoms with Crippen LogP contribution in [0.25, 0.3) is 11.5 Å². The first-order chi connectivity index (χ1) is 12.6. The Balaban J connectivity index is 1.68. The molecule has 1 aromatic heterocycles. The summed E-state index contributed by atoms with van der Waals surface area (Å²) in [7, 11) is 1.61. The normalized spacial score (nSPS) is 10.6. The summed E-state index contributed by atoms with van der Waals surface area (Å²) < 4.78 is 11.1. The first kappa shape index (κ1) is 17.7. The summed E-state index contributed by atoms with van der Waals surface area (Å²) in [6, 6.07) is 15.6. The van der Waals surface area contributed by atoms with Gasteiger partial charge in [0.2, 0.25) is 11.8 Å². The van der Waals surface area contributed by atoms with E-state index in [0.29, 0.717) is 29.6 Å². The largest absolute Gasteiger partial charge is 0.496 e. The summed E-state index contributed by atoms with van der Waals surface area (Å²) in [5, 5.41) is 2.93. The number of ether oxygens (including phenoxy) is 1. The Morgan fingerprint density at radius 2 is 1.96 bits per heavy atom. The average molecular weight is 350 g/mol. The lowest BCUT2D eigenvalue weighted by atomic mass is 10.1. The third-order valence-electron chi connectivity index (χ3n) is 4.13. The summed E-state index contributed by atoms with van der Waals surface area (Å²) in [6.45, 7) is 4.34. The highest BCUT2D eigenvalue weighted by molar-refractivity contribution is 5.78. The number of para-hydroxylation sites is 1. The van der Waals surface area contributed by atoms with E-state index >= 15 is 0 Å². The van der Waals surface area contributed by atoms with Gasteiger partial charge in [0, 0.05) is 6.54 Å². The quantitative estimate of drug-likeness (QED) is 0.734. The van der Waals surface area contributed by atoms with E-state index in [1.54, 1.807) is 7.11 Å². The number of methoxy groups -OCH3 is 1. The molecule has 3 rings (SSSR count). The van der Waals surface area contributed by atoms with Gasteiger partial charge >= 0.3 is 0 Å². The predicted molar refractivity (Wildman–Crippen MR) is 100.0 cm³/mol. The van der Waals surface area contributed by atoms with Crippen molar-refractivity contribution in [1.82, 2.24) is 10.3 Å². The Morgan fingerprint density at radius 1 is 1.15 bits per heavy atom. The summed E-state index contributed by atoms with van der Waals surface area (Å²) in [5.74, 6) is 1.69. The van der Waals surface area contributed by atoms with E-state index in [9.17, 15) is 4.79 Å². The van der Waals surface area contributed by atoms with Crippen molar-refractivity contribution in [2.24, 2.45) is 0 Å². The number of aromatic nitrogens is 1. The van der Waals surface area contributed by atoms with Gasteiger partial charge in [0.1, 0.15) is 11.5 Å². The number of hydrogen-bond donors (Lipinski definition) is 1. The Bertz CT molecular complexity index is 915. The Hall–Kier alpha value is -3.08. The maximum Gasteiger partial charge on any atom is 0.230 e. The van der Waals surface area contributed by atoms with Gasteiger partial charge in [-0.1, -0.05) is 42.0 Å². The van der Waals surface area contributed by atoms with Crippen LogP contribution in [-0.4, -0.2) is 18.0 Å². The van der Waals surface area contributed by atoms with Gasteiger partial charge in [-0.25, -0.2) is 4.98 Å². The standard InChI is InChI=1S/C21H22N2O3/c1-14-7-6-8-16(11-14)13-22-20(24)12-18-15(2)26-21(23-18)17-9-4-5-10-19(17)25-3/h4-11H,12-13H2,1-3H3,(H,22,24). The van der Waals surface area contributed by atoms with Crippen molar-refractivity contribution in [3.63, 3.8) is 0 Å². The molecule has 134 valence electrons. The van der Waals surface area contributed by atoms with Crippen LogP contribution in [0.5, 0.6) is 5.75 Å². The third kappa shape index (κ3) is 4.11. The van der Waals surface area contributed by atoms with Crippen LogP contribution < -0.4 is 10.1 Å². The number of oxazole rings is 1. The van der Waals surface area contributed by atoms with Crippen molar-refractivity contribution >= 4 is 5.91 Å². The van der Waals surface area contributed by atoms with Gasteiger partial charge in [0.25, 0.3) is 0 Å². The molecular formula is C21H22N2O3. The first-order valence-corrected chi connectivity index (χ1v) is 8.48. The second-order valence-electron chi connectivity index (χ2n) is 6.16. The smallest absolute Gasteiger partial charge is 0.230 e. The van der Waals surface area contributed by atoms with Crippen LogP contribution in [0.3, 0.4) is 0 Å². The number of carbonyl (C=O) groups excluding carboxylic acids is 1. The number of rotatable bonds is 6. The van der Waals surface area contributed by atoms with Crippen molar-refractivity contribution in [3.05, 3.63) is 71.1 Å². The Morgan fingerprint density at radius 3 is 2.73 bits per heavy atom. The number of carbonyl (C=O) groups is 1. The zero-order chi connectivity index (χ0) is 18.5. The second kappa shape index (κ2) is 7.87. The fraction of sp³-hybridized carbons (Fsp3) is 0.238. The Kier molecular flexibility index (Phi) is 5.37. The second-order valence-corrected chi connectivity index (χ2v) is 6.16. The van der Waals surface area contributed by atoms with Gasteiger partial charge < -0.3 is 14.5 Å². The van der Waals surface area contributed by atoms with Crippen molar-refractivity contribution in [1.29, 1.82) is 0 Å². The molecule has 5 heteroatoms. The molecule has 0 aliphatic rings. The van der Waals surface area contributed by atoms with Crippen LogP contribution >= 0.6 is 0 Å². The van der Waals surface area contributed by atoms with Gasteiger partial charge in [0.15, 0.2) is 0 Å². The van der Waals surface area contributed by atoms with Gasteiger partial charge in [-0.15, -0.1) is 0 Å². The third-order valence-corrected chi connectivity index (χ3v) is 4.13. The molecule has 3 aromatic rings. The molecule has 1 amide bonds. The number of nitrogens with zero attached hydrogens (tertiary/aromatic N) is 1. The maximum atomic E-state index is 12.3. The van der Waals surface area contributed by atoms with Crippen LogP contribution in [0.15, 0.2) is 52.9 Å². The molecule has 5 nitrogen and oxygen atoms in total.